The first-order valence-corrected chi connectivity index (χ1v) is 12.7. The lowest BCUT2D eigenvalue weighted by molar-refractivity contribution is -0.158. The average Bonchev–Trinajstić information content (AvgIpc) is 3.42. The molecule has 2 aromatic heterocycles. The van der Waals surface area contributed by atoms with Crippen molar-refractivity contribution < 1.29 is 24.2 Å². The zero-order valence-corrected chi connectivity index (χ0v) is 21.2. The smallest absolute Gasteiger partial charge is 0.318 e. The summed E-state index contributed by atoms with van der Waals surface area (Å²) in [4.78, 5) is 30.5. The third-order valence-corrected chi connectivity index (χ3v) is 7.14. The number of hydrogen-bond donors (Lipinski definition) is 1. The van der Waals surface area contributed by atoms with E-state index in [1.165, 1.54) is 19.4 Å². The third-order valence-electron chi connectivity index (χ3n) is 7.14. The molecule has 9 heteroatoms. The topological polar surface area (TPSA) is 107 Å². The zero-order chi connectivity index (χ0) is 26.0. The number of fused-ring (bicyclic) bond motifs is 1. The molecular weight excluding hydrogens is 472 g/mol. The molecule has 37 heavy (non-hydrogen) atoms. The van der Waals surface area contributed by atoms with Crippen LogP contribution in [0.1, 0.15) is 56.0 Å². The van der Waals surface area contributed by atoms with E-state index in [0.717, 1.165) is 48.4 Å². The maximum absolute atomic E-state index is 12.8. The van der Waals surface area contributed by atoms with Crippen molar-refractivity contribution in [2.75, 3.05) is 13.2 Å². The van der Waals surface area contributed by atoms with Gasteiger partial charge >= 0.3 is 5.97 Å². The van der Waals surface area contributed by atoms with Gasteiger partial charge in [0.1, 0.15) is 17.8 Å². The fraction of sp³-hybridized carbons (Fsp3) is 0.429. The Balaban J connectivity index is 1.23. The summed E-state index contributed by atoms with van der Waals surface area (Å²) in [6.45, 7) is 4.93. The van der Waals surface area contributed by atoms with Crippen LogP contribution in [-0.2, 0) is 33.9 Å². The van der Waals surface area contributed by atoms with E-state index >= 15 is 0 Å². The molecule has 3 aromatic rings. The number of benzene rings is 1. The van der Waals surface area contributed by atoms with Crippen LogP contribution in [0.2, 0.25) is 0 Å². The highest BCUT2D eigenvalue weighted by molar-refractivity contribution is 6.01. The van der Waals surface area contributed by atoms with Crippen LogP contribution < -0.4 is 4.74 Å². The van der Waals surface area contributed by atoms with E-state index in [-0.39, 0.29) is 12.1 Å². The van der Waals surface area contributed by atoms with Crippen molar-refractivity contribution in [3.63, 3.8) is 0 Å². The molecule has 4 heterocycles. The van der Waals surface area contributed by atoms with Gasteiger partial charge in [-0.1, -0.05) is 18.2 Å². The summed E-state index contributed by atoms with van der Waals surface area (Å²) >= 11 is 0. The summed E-state index contributed by atoms with van der Waals surface area (Å²) < 4.78 is 13.8. The molecule has 9 nitrogen and oxygen atoms in total. The Morgan fingerprint density at radius 1 is 1.16 bits per heavy atom. The molecule has 2 aliphatic heterocycles. The minimum Gasteiger partial charge on any atom is -0.487 e. The molecule has 1 aromatic carbocycles. The van der Waals surface area contributed by atoms with E-state index in [2.05, 4.69) is 16.1 Å². The second-order valence-corrected chi connectivity index (χ2v) is 10.2. The number of aromatic nitrogens is 3. The van der Waals surface area contributed by atoms with Crippen molar-refractivity contribution in [2.45, 2.75) is 58.9 Å². The molecule has 0 spiro atoms. The van der Waals surface area contributed by atoms with Crippen LogP contribution in [0.3, 0.4) is 0 Å². The summed E-state index contributed by atoms with van der Waals surface area (Å²) in [5, 5.41) is 13.9. The summed E-state index contributed by atoms with van der Waals surface area (Å²) in [5.41, 5.74) is 3.44. The Kier molecular flexibility index (Phi) is 6.97. The number of carboxylic acid groups (broad SMARTS) is 1. The standard InChI is InChI=1S/C28H32N4O5/c1-28(2,27(34)35)26(33)31-13-11-20-7-6-19(15-21(20)17-31)18-37-22-8-9-23(29-16-22)24-10-12-30-32(24)25-5-3-4-14-36-25/h6-10,12,15-16,25H,3-5,11,13-14,17-18H2,1-2H3,(H,34,35). The number of amides is 1. The molecular formula is C28H32N4O5. The maximum atomic E-state index is 12.8. The third kappa shape index (κ3) is 5.22. The van der Waals surface area contributed by atoms with E-state index in [1.54, 1.807) is 17.3 Å². The molecule has 1 fully saturated rings. The van der Waals surface area contributed by atoms with Crippen LogP contribution in [0.4, 0.5) is 0 Å². The van der Waals surface area contributed by atoms with Crippen LogP contribution in [0.5, 0.6) is 5.75 Å². The molecule has 5 rings (SSSR count). The Morgan fingerprint density at radius 3 is 2.76 bits per heavy atom. The number of carbonyl (C=O) groups is 2. The fourth-order valence-corrected chi connectivity index (χ4v) is 4.81. The van der Waals surface area contributed by atoms with Gasteiger partial charge < -0.3 is 19.5 Å². The Labute approximate surface area is 216 Å². The van der Waals surface area contributed by atoms with E-state index in [4.69, 9.17) is 9.47 Å². The number of pyridine rings is 1. The van der Waals surface area contributed by atoms with E-state index in [1.807, 2.05) is 35.0 Å². The summed E-state index contributed by atoms with van der Waals surface area (Å²) in [6.07, 6.45) is 7.28. The second kappa shape index (κ2) is 10.3. The van der Waals surface area contributed by atoms with Gasteiger partial charge in [0, 0.05) is 25.9 Å². The van der Waals surface area contributed by atoms with Crippen LogP contribution >= 0.6 is 0 Å². The minimum atomic E-state index is -1.45. The largest absolute Gasteiger partial charge is 0.487 e. The minimum absolute atomic E-state index is 0.0538. The SMILES string of the molecule is CC(C)(C(=O)O)C(=O)N1CCc2ccc(COc3ccc(-c4ccnn4C4CCCCO4)nc3)cc2C1. The molecule has 1 atom stereocenters. The van der Waals surface area contributed by atoms with Gasteiger partial charge in [-0.25, -0.2) is 4.68 Å². The zero-order valence-electron chi connectivity index (χ0n) is 21.2. The summed E-state index contributed by atoms with van der Waals surface area (Å²) in [5.74, 6) is -0.826. The molecule has 0 aliphatic carbocycles. The fourth-order valence-electron chi connectivity index (χ4n) is 4.81. The average molecular weight is 505 g/mol. The second-order valence-electron chi connectivity index (χ2n) is 10.2. The van der Waals surface area contributed by atoms with Gasteiger partial charge in [0.25, 0.3) is 0 Å². The van der Waals surface area contributed by atoms with Crippen molar-refractivity contribution >= 4 is 11.9 Å². The molecule has 0 saturated carbocycles. The predicted molar refractivity (Wildman–Crippen MR) is 136 cm³/mol. The van der Waals surface area contributed by atoms with Crippen LogP contribution in [0.15, 0.2) is 48.8 Å². The monoisotopic (exact) mass is 504 g/mol. The highest BCUT2D eigenvalue weighted by Crippen LogP contribution is 2.29. The van der Waals surface area contributed by atoms with Gasteiger partial charge in [0.15, 0.2) is 6.23 Å². The van der Waals surface area contributed by atoms with Gasteiger partial charge in [-0.3, -0.25) is 14.6 Å². The Morgan fingerprint density at radius 2 is 2.03 bits per heavy atom. The summed E-state index contributed by atoms with van der Waals surface area (Å²) in [7, 11) is 0. The van der Waals surface area contributed by atoms with E-state index in [0.29, 0.717) is 31.9 Å². The van der Waals surface area contributed by atoms with Crippen molar-refractivity contribution in [1.29, 1.82) is 0 Å². The van der Waals surface area contributed by atoms with Crippen molar-refractivity contribution in [1.82, 2.24) is 19.7 Å². The van der Waals surface area contributed by atoms with Gasteiger partial charge in [0.05, 0.1) is 17.6 Å². The van der Waals surface area contributed by atoms with Crippen LogP contribution in [0, 0.1) is 5.41 Å². The highest BCUT2D eigenvalue weighted by atomic mass is 16.5. The first-order valence-electron chi connectivity index (χ1n) is 12.7. The molecule has 1 amide bonds. The molecule has 1 saturated heterocycles. The number of rotatable bonds is 7. The lowest BCUT2D eigenvalue weighted by Gasteiger charge is -2.33. The molecule has 0 radical (unpaired) electrons. The van der Waals surface area contributed by atoms with Crippen LogP contribution in [-0.4, -0.2) is 49.8 Å². The number of carboxylic acids is 1. The number of nitrogens with zero attached hydrogens (tertiary/aromatic N) is 4. The number of ether oxygens (including phenoxy) is 2. The normalized spacial score (nSPS) is 17.8. The number of aliphatic carboxylic acids is 1. The Bertz CT molecular complexity index is 1280. The number of hydrogen-bond acceptors (Lipinski definition) is 6. The maximum Gasteiger partial charge on any atom is 0.318 e. The van der Waals surface area contributed by atoms with E-state index < -0.39 is 11.4 Å². The molecule has 1 N–H and O–H groups in total. The lowest BCUT2D eigenvalue weighted by atomic mass is 9.89. The molecule has 194 valence electrons. The lowest BCUT2D eigenvalue weighted by Crippen LogP contribution is -2.47. The molecule has 2 aliphatic rings. The molecule has 1 unspecified atom stereocenters. The van der Waals surface area contributed by atoms with Gasteiger partial charge in [-0.2, -0.15) is 5.10 Å². The quantitative estimate of drug-likeness (QED) is 0.480. The van der Waals surface area contributed by atoms with Gasteiger partial charge in [-0.05, 0) is 74.4 Å². The van der Waals surface area contributed by atoms with Gasteiger partial charge in [0.2, 0.25) is 5.91 Å². The van der Waals surface area contributed by atoms with E-state index in [9.17, 15) is 14.7 Å². The van der Waals surface area contributed by atoms with Crippen LogP contribution in [0.25, 0.3) is 11.4 Å². The Hall–Kier alpha value is -3.72. The summed E-state index contributed by atoms with van der Waals surface area (Å²) in [6, 6.07) is 11.9. The van der Waals surface area contributed by atoms with Crippen molar-refractivity contribution in [3.8, 4) is 17.1 Å². The molecule has 0 bridgehead atoms. The first-order chi connectivity index (χ1) is 17.8. The number of carbonyl (C=O) groups excluding carboxylic acids is 1. The van der Waals surface area contributed by atoms with Crippen molar-refractivity contribution in [2.24, 2.45) is 5.41 Å². The van der Waals surface area contributed by atoms with Gasteiger partial charge in [-0.15, -0.1) is 0 Å². The first kappa shape index (κ1) is 25.0. The predicted octanol–water partition coefficient (Wildman–Crippen LogP) is 4.22. The highest BCUT2D eigenvalue weighted by Gasteiger charge is 2.40. The van der Waals surface area contributed by atoms with Crippen molar-refractivity contribution in [3.05, 3.63) is 65.5 Å².